The van der Waals surface area contributed by atoms with E-state index in [9.17, 15) is 25.2 Å². The first-order valence-electron chi connectivity index (χ1n) is 15.3. The average Bonchev–Trinajstić information content (AvgIpc) is 3.63. The number of hydrogen-bond acceptors (Lipinski definition) is 11. The van der Waals surface area contributed by atoms with Gasteiger partial charge in [-0.25, -0.2) is 0 Å². The van der Waals surface area contributed by atoms with Crippen LogP contribution in [0.25, 0.3) is 22.6 Å². The number of anilines is 1. The van der Waals surface area contributed by atoms with E-state index in [4.69, 9.17) is 30.3 Å². The third-order valence-corrected chi connectivity index (χ3v) is 8.41. The molecule has 0 fully saturated rings. The fourth-order valence-electron chi connectivity index (χ4n) is 5.66. The van der Waals surface area contributed by atoms with Gasteiger partial charge in [-0.15, -0.1) is 0 Å². The summed E-state index contributed by atoms with van der Waals surface area (Å²) in [7, 11) is 1.53. The smallest absolute Gasteiger partial charge is 0.255 e. The Morgan fingerprint density at radius 2 is 1.47 bits per heavy atom. The highest BCUT2D eigenvalue weighted by Gasteiger charge is 2.25. The second-order valence-electron chi connectivity index (χ2n) is 11.2. The molecule has 0 aliphatic carbocycles. The quantitative estimate of drug-likeness (QED) is 0.0924. The number of carbonyl (C=O) groups excluding carboxylic acids is 1. The van der Waals surface area contributed by atoms with Crippen molar-refractivity contribution in [2.45, 2.75) is 32.6 Å². The van der Waals surface area contributed by atoms with Gasteiger partial charge in [0, 0.05) is 33.5 Å². The summed E-state index contributed by atoms with van der Waals surface area (Å²) in [6.07, 6.45) is -0.508. The van der Waals surface area contributed by atoms with E-state index in [1.54, 1.807) is 66.7 Å². The van der Waals surface area contributed by atoms with Crippen LogP contribution in [0.4, 0.5) is 5.69 Å². The minimum Gasteiger partial charge on any atom is -0.493 e. The first kappa shape index (κ1) is 33.8. The van der Waals surface area contributed by atoms with Crippen molar-refractivity contribution in [1.82, 2.24) is 10.5 Å². The monoisotopic (exact) mass is 687 g/mol. The molecule has 4 aromatic carbocycles. The van der Waals surface area contributed by atoms with Gasteiger partial charge in [0.25, 0.3) is 5.91 Å². The van der Waals surface area contributed by atoms with Crippen molar-refractivity contribution in [3.8, 4) is 39.8 Å². The highest BCUT2D eigenvalue weighted by atomic mass is 35.5. The van der Waals surface area contributed by atoms with Crippen molar-refractivity contribution < 1.29 is 44.0 Å². The predicted molar refractivity (Wildman–Crippen MR) is 180 cm³/mol. The van der Waals surface area contributed by atoms with E-state index in [-0.39, 0.29) is 45.5 Å². The van der Waals surface area contributed by atoms with Crippen LogP contribution in [0.3, 0.4) is 0 Å². The Morgan fingerprint density at radius 1 is 0.755 bits per heavy atom. The van der Waals surface area contributed by atoms with Gasteiger partial charge in [-0.1, -0.05) is 22.8 Å². The molecule has 1 unspecified atom stereocenters. The standard InChI is InChI=1S/C36H34ClN3O9/c1-46-32-7-2-20(33-15-30(40-49-33)22-11-23(16-41)28(19-44)24(12-22)17-42)13-34(32)48-9-8-47-31-6-3-21(10-25(31)18-43)35-38-29-5-4-26(37)14-27(29)36(45)39-35/h2-7,10-15,35,38,41-44H,8-9,16-19H2,1H3,(H,39,45). The number of amides is 1. The third kappa shape index (κ3) is 7.19. The molecule has 0 bridgehead atoms. The van der Waals surface area contributed by atoms with Crippen molar-refractivity contribution >= 4 is 23.2 Å². The van der Waals surface area contributed by atoms with Crippen LogP contribution in [0.1, 0.15) is 44.3 Å². The molecule has 0 spiro atoms. The number of halogens is 1. The van der Waals surface area contributed by atoms with Crippen molar-refractivity contribution in [1.29, 1.82) is 0 Å². The predicted octanol–water partition coefficient (Wildman–Crippen LogP) is 4.95. The highest BCUT2D eigenvalue weighted by molar-refractivity contribution is 6.31. The molecular formula is C36H34ClN3O9. The molecule has 6 rings (SSSR count). The minimum atomic E-state index is -0.508. The van der Waals surface area contributed by atoms with E-state index in [1.165, 1.54) is 7.11 Å². The van der Waals surface area contributed by atoms with Crippen LogP contribution in [0, 0.1) is 0 Å². The first-order chi connectivity index (χ1) is 23.8. The van der Waals surface area contributed by atoms with Gasteiger partial charge in [-0.05, 0) is 82.9 Å². The Balaban J connectivity index is 1.12. The van der Waals surface area contributed by atoms with Gasteiger partial charge >= 0.3 is 0 Å². The summed E-state index contributed by atoms with van der Waals surface area (Å²) in [6.45, 7) is -0.890. The number of rotatable bonds is 13. The number of fused-ring (bicyclic) bond motifs is 1. The Labute approximate surface area is 286 Å². The summed E-state index contributed by atoms with van der Waals surface area (Å²) in [4.78, 5) is 12.7. The van der Waals surface area contributed by atoms with Gasteiger partial charge in [0.2, 0.25) is 0 Å². The zero-order valence-corrected chi connectivity index (χ0v) is 27.2. The zero-order chi connectivity index (χ0) is 34.5. The summed E-state index contributed by atoms with van der Waals surface area (Å²) in [5, 5.41) is 50.2. The fourth-order valence-corrected chi connectivity index (χ4v) is 5.84. The summed E-state index contributed by atoms with van der Waals surface area (Å²) < 4.78 is 23.1. The topological polar surface area (TPSA) is 176 Å². The lowest BCUT2D eigenvalue weighted by molar-refractivity contribution is 0.0935. The largest absolute Gasteiger partial charge is 0.493 e. The summed E-state index contributed by atoms with van der Waals surface area (Å²) in [5.41, 5.74) is 5.63. The maximum absolute atomic E-state index is 12.7. The number of methoxy groups -OCH3 is 1. The molecule has 0 saturated heterocycles. The fraction of sp³-hybridized carbons (Fsp3) is 0.222. The van der Waals surface area contributed by atoms with Crippen LogP contribution < -0.4 is 24.8 Å². The van der Waals surface area contributed by atoms with Gasteiger partial charge < -0.3 is 49.8 Å². The molecule has 1 aliphatic rings. The molecule has 254 valence electrons. The maximum Gasteiger partial charge on any atom is 0.255 e. The van der Waals surface area contributed by atoms with Crippen molar-refractivity contribution in [3.63, 3.8) is 0 Å². The Hall–Kier alpha value is -5.11. The molecule has 1 aliphatic heterocycles. The maximum atomic E-state index is 12.7. The minimum absolute atomic E-state index is 0.152. The van der Waals surface area contributed by atoms with E-state index >= 15 is 0 Å². The molecule has 1 amide bonds. The summed E-state index contributed by atoms with van der Waals surface area (Å²) in [5.74, 6) is 1.60. The number of nitrogens with one attached hydrogen (secondary N) is 2. The summed E-state index contributed by atoms with van der Waals surface area (Å²) >= 11 is 6.04. The number of ether oxygens (including phenoxy) is 3. The lowest BCUT2D eigenvalue weighted by Gasteiger charge is -2.28. The summed E-state index contributed by atoms with van der Waals surface area (Å²) in [6, 6.07) is 20.8. The number of benzene rings is 4. The molecule has 2 heterocycles. The normalized spacial score (nSPS) is 13.8. The Kier molecular flexibility index (Phi) is 10.3. The molecule has 1 aromatic heterocycles. The number of aliphatic hydroxyl groups excluding tert-OH is 4. The van der Waals surface area contributed by atoms with E-state index in [0.29, 0.717) is 78.4 Å². The van der Waals surface area contributed by atoms with E-state index in [0.717, 1.165) is 5.56 Å². The Bertz CT molecular complexity index is 1950. The molecule has 0 radical (unpaired) electrons. The van der Waals surface area contributed by atoms with E-state index < -0.39 is 6.17 Å². The van der Waals surface area contributed by atoms with Crippen LogP contribution in [0.2, 0.25) is 5.02 Å². The van der Waals surface area contributed by atoms with E-state index in [2.05, 4.69) is 15.8 Å². The number of nitrogens with zero attached hydrogens (tertiary/aromatic N) is 1. The molecule has 1 atom stereocenters. The van der Waals surface area contributed by atoms with Crippen molar-refractivity contribution in [2.24, 2.45) is 0 Å². The number of hydrogen-bond donors (Lipinski definition) is 6. The van der Waals surface area contributed by atoms with Crippen LogP contribution in [-0.2, 0) is 26.4 Å². The lowest BCUT2D eigenvalue weighted by Crippen LogP contribution is -2.38. The van der Waals surface area contributed by atoms with Gasteiger partial charge in [-0.2, -0.15) is 0 Å². The molecular weight excluding hydrogens is 654 g/mol. The number of aromatic nitrogens is 1. The SMILES string of the molecule is COc1ccc(-c2cc(-c3cc(CO)c(CO)c(CO)c3)no2)cc1OCCOc1ccc(C2NC(=O)c3cc(Cl)ccc3N2)cc1CO. The van der Waals surface area contributed by atoms with Gasteiger partial charge in [0.05, 0.1) is 39.1 Å². The van der Waals surface area contributed by atoms with Gasteiger partial charge in [0.1, 0.15) is 30.8 Å². The van der Waals surface area contributed by atoms with Crippen LogP contribution in [0.15, 0.2) is 77.3 Å². The zero-order valence-electron chi connectivity index (χ0n) is 26.4. The molecule has 5 aromatic rings. The van der Waals surface area contributed by atoms with Crippen LogP contribution in [-0.4, -0.2) is 51.8 Å². The van der Waals surface area contributed by atoms with Crippen molar-refractivity contribution in [3.05, 3.63) is 111 Å². The Morgan fingerprint density at radius 3 is 2.16 bits per heavy atom. The average molecular weight is 688 g/mol. The van der Waals surface area contributed by atoms with Crippen LogP contribution >= 0.6 is 11.6 Å². The van der Waals surface area contributed by atoms with Crippen LogP contribution in [0.5, 0.6) is 17.2 Å². The molecule has 12 nitrogen and oxygen atoms in total. The molecule has 49 heavy (non-hydrogen) atoms. The second kappa shape index (κ2) is 15.0. The number of aliphatic hydroxyl groups is 4. The molecule has 0 saturated carbocycles. The van der Waals surface area contributed by atoms with Gasteiger partial charge in [-0.3, -0.25) is 4.79 Å². The third-order valence-electron chi connectivity index (χ3n) is 8.18. The highest BCUT2D eigenvalue weighted by Crippen LogP contribution is 2.35. The molecule has 13 heteroatoms. The first-order valence-corrected chi connectivity index (χ1v) is 15.7. The molecule has 6 N–H and O–H groups in total. The second-order valence-corrected chi connectivity index (χ2v) is 11.6. The van der Waals surface area contributed by atoms with Gasteiger partial charge in [0.15, 0.2) is 17.3 Å². The van der Waals surface area contributed by atoms with Crippen molar-refractivity contribution in [2.75, 3.05) is 25.6 Å². The van der Waals surface area contributed by atoms with E-state index in [1.807, 2.05) is 6.07 Å². The number of carbonyl (C=O) groups is 1. The lowest BCUT2D eigenvalue weighted by atomic mass is 9.97.